The highest BCUT2D eigenvalue weighted by molar-refractivity contribution is 5.13. The van der Waals surface area contributed by atoms with Gasteiger partial charge in [-0.1, -0.05) is 60.3 Å². The molecule has 0 aromatic heterocycles. The summed E-state index contributed by atoms with van der Waals surface area (Å²) in [4.78, 5) is 0. The van der Waals surface area contributed by atoms with Gasteiger partial charge in [-0.2, -0.15) is 0 Å². The minimum atomic E-state index is -0.618. The van der Waals surface area contributed by atoms with Crippen LogP contribution >= 0.6 is 0 Å². The average molecular weight is 364 g/mol. The van der Waals surface area contributed by atoms with Crippen LogP contribution in [-0.4, -0.2) is 6.17 Å². The molecule has 0 heterocycles. The van der Waals surface area contributed by atoms with Gasteiger partial charge in [0, 0.05) is 6.79 Å². The third-order valence-corrected chi connectivity index (χ3v) is 10.3. The van der Waals surface area contributed by atoms with Crippen LogP contribution in [0.2, 0.25) is 0 Å². The van der Waals surface area contributed by atoms with E-state index in [9.17, 15) is 0 Å². The summed E-state index contributed by atoms with van der Waals surface area (Å²) in [5, 5.41) is 0. The zero-order valence-electron chi connectivity index (χ0n) is 18.9. The van der Waals surface area contributed by atoms with Crippen molar-refractivity contribution < 1.29 is 5.76 Å². The van der Waals surface area contributed by atoms with Gasteiger partial charge >= 0.3 is 0 Å². The zero-order valence-corrected chi connectivity index (χ0v) is 17.9. The molecule has 0 aromatic rings. The molecule has 4 aliphatic rings. The molecule has 0 amide bonds. The lowest BCUT2D eigenvalue weighted by Gasteiger charge is -2.63. The van der Waals surface area contributed by atoms with Gasteiger partial charge in [0.1, 0.15) is 6.17 Å². The van der Waals surface area contributed by atoms with E-state index in [0.29, 0.717) is 35.0 Å². The molecule has 1 heteroatoms. The van der Waals surface area contributed by atoms with Crippen LogP contribution in [0, 0.1) is 52.3 Å². The van der Waals surface area contributed by atoms with E-state index < -0.39 is 6.17 Å². The lowest BCUT2D eigenvalue weighted by molar-refractivity contribution is -0.166. The zero-order chi connectivity index (χ0) is 19.6. The van der Waals surface area contributed by atoms with Crippen molar-refractivity contribution in [2.45, 2.75) is 105 Å². The maximum absolute atomic E-state index is 16.0. The van der Waals surface area contributed by atoms with Gasteiger partial charge < -0.3 is 0 Å². The molecule has 0 bridgehead atoms. The van der Waals surface area contributed by atoms with Crippen molar-refractivity contribution in [2.24, 2.45) is 52.3 Å². The fraction of sp³-hybridized carbons (Fsp3) is 1.00. The molecule has 150 valence electrons. The Morgan fingerprint density at radius 1 is 1.15 bits per heavy atom. The minimum absolute atomic E-state index is 0.0835. The molecule has 0 saturated heterocycles. The van der Waals surface area contributed by atoms with Crippen LogP contribution in [0.25, 0.3) is 0 Å². The summed E-state index contributed by atoms with van der Waals surface area (Å²) in [5.74, 6) is 4.52. The van der Waals surface area contributed by atoms with Crippen LogP contribution in [0.5, 0.6) is 0 Å². The Morgan fingerprint density at radius 3 is 2.65 bits per heavy atom. The Balaban J connectivity index is 1.66. The van der Waals surface area contributed by atoms with Crippen molar-refractivity contribution in [1.29, 1.82) is 0 Å². The molecule has 26 heavy (non-hydrogen) atoms. The molecular weight excluding hydrogens is 319 g/mol. The molecule has 0 nitrogen and oxygen atoms in total. The highest BCUT2D eigenvalue weighted by Gasteiger charge is 2.65. The SMILES string of the molecule is [2H]C1CC[C@@]2(C)C(C1)CC(C)C1C2CC(F)[C@@]2(C)C1CC[C@@H]2[C@H](C)CCC. The number of fused-ring (bicyclic) bond motifs is 5. The standard InChI is InChI=1S/C25H43F/c1-6-9-16(2)19-11-12-20-23-17(3)14-18-10-7-8-13-24(18,4)21(23)15-22(26)25(19,20)5/h16-23H,6-15H2,1-5H3/t16-,17?,18?,19-,20?,21?,22?,23?,24+,25-/m1/s1/i7D/t7?,16-,17?,18?,19-,20?,21?,22?,23?,24+,25-. The molecule has 0 aromatic carbocycles. The summed E-state index contributed by atoms with van der Waals surface area (Å²) in [7, 11) is 0. The largest absolute Gasteiger partial charge is 0.247 e. The Hall–Kier alpha value is -0.0700. The highest BCUT2D eigenvalue weighted by Crippen LogP contribution is 2.70. The van der Waals surface area contributed by atoms with Gasteiger partial charge in [0.15, 0.2) is 0 Å². The molecule has 7 unspecified atom stereocenters. The van der Waals surface area contributed by atoms with Crippen molar-refractivity contribution in [3.63, 3.8) is 0 Å². The van der Waals surface area contributed by atoms with E-state index >= 15 is 4.39 Å². The first-order valence-corrected chi connectivity index (χ1v) is 11.8. The van der Waals surface area contributed by atoms with Crippen molar-refractivity contribution in [1.82, 2.24) is 0 Å². The van der Waals surface area contributed by atoms with Gasteiger partial charge in [0.25, 0.3) is 0 Å². The van der Waals surface area contributed by atoms with Gasteiger partial charge in [-0.05, 0) is 85.4 Å². The van der Waals surface area contributed by atoms with Gasteiger partial charge in [-0.3, -0.25) is 0 Å². The van der Waals surface area contributed by atoms with E-state index in [1.165, 1.54) is 38.5 Å². The number of hydrogen-bond acceptors (Lipinski definition) is 0. The normalized spacial score (nSPS) is 58.3. The van der Waals surface area contributed by atoms with E-state index in [0.717, 1.165) is 31.1 Å². The smallest absolute Gasteiger partial charge is 0.106 e. The lowest BCUT2D eigenvalue weighted by atomic mass is 9.42. The summed E-state index contributed by atoms with van der Waals surface area (Å²) >= 11 is 0. The van der Waals surface area contributed by atoms with E-state index in [2.05, 4.69) is 34.6 Å². The summed E-state index contributed by atoms with van der Waals surface area (Å²) < 4.78 is 24.3. The molecule has 0 radical (unpaired) electrons. The predicted octanol–water partition coefficient (Wildman–Crippen LogP) is 7.67. The Morgan fingerprint density at radius 2 is 1.92 bits per heavy atom. The van der Waals surface area contributed by atoms with Crippen LogP contribution < -0.4 is 0 Å². The summed E-state index contributed by atoms with van der Waals surface area (Å²) in [5.41, 5.74) is 0.216. The van der Waals surface area contributed by atoms with Gasteiger partial charge in [0.05, 0.1) is 0 Å². The monoisotopic (exact) mass is 363 g/mol. The first kappa shape index (κ1) is 18.0. The van der Waals surface area contributed by atoms with Crippen LogP contribution in [0.15, 0.2) is 0 Å². The van der Waals surface area contributed by atoms with Crippen LogP contribution in [0.3, 0.4) is 0 Å². The third-order valence-electron chi connectivity index (χ3n) is 10.3. The molecule has 4 aliphatic carbocycles. The summed E-state index contributed by atoms with van der Waals surface area (Å²) in [6.07, 6.45) is 9.92. The fourth-order valence-corrected chi connectivity index (χ4v) is 8.96. The van der Waals surface area contributed by atoms with Crippen LogP contribution in [0.4, 0.5) is 4.39 Å². The van der Waals surface area contributed by atoms with Crippen molar-refractivity contribution in [2.75, 3.05) is 0 Å². The molecule has 0 N–H and O–H groups in total. The molecule has 0 spiro atoms. The number of rotatable bonds is 3. The van der Waals surface area contributed by atoms with E-state index in [1.54, 1.807) is 0 Å². The maximum Gasteiger partial charge on any atom is 0.106 e. The van der Waals surface area contributed by atoms with E-state index in [4.69, 9.17) is 1.37 Å². The van der Waals surface area contributed by atoms with Crippen molar-refractivity contribution in [3.8, 4) is 0 Å². The Bertz CT molecular complexity index is 548. The predicted molar refractivity (Wildman–Crippen MR) is 109 cm³/mol. The highest BCUT2D eigenvalue weighted by atomic mass is 19.1. The molecule has 11 atom stereocenters. The Kier molecular flexibility index (Phi) is 4.68. The molecule has 0 aliphatic heterocycles. The molecule has 4 fully saturated rings. The Labute approximate surface area is 163 Å². The minimum Gasteiger partial charge on any atom is -0.247 e. The van der Waals surface area contributed by atoms with Crippen molar-refractivity contribution >= 4 is 0 Å². The van der Waals surface area contributed by atoms with Gasteiger partial charge in [-0.15, -0.1) is 0 Å². The number of hydrogen-bond donors (Lipinski definition) is 0. The molecular formula is C25H43F. The second kappa shape index (κ2) is 6.77. The van der Waals surface area contributed by atoms with E-state index in [-0.39, 0.29) is 11.8 Å². The topological polar surface area (TPSA) is 0 Å². The fourth-order valence-electron chi connectivity index (χ4n) is 8.96. The quantitative estimate of drug-likeness (QED) is 0.482. The summed E-state index contributed by atoms with van der Waals surface area (Å²) in [6.45, 7) is 12.0. The number of halogens is 1. The molecule has 4 rings (SSSR count). The summed E-state index contributed by atoms with van der Waals surface area (Å²) in [6, 6.07) is 0. The third kappa shape index (κ3) is 2.57. The van der Waals surface area contributed by atoms with E-state index in [1.807, 2.05) is 0 Å². The number of alkyl halides is 1. The second-order valence-corrected chi connectivity index (χ2v) is 11.3. The first-order chi connectivity index (χ1) is 12.7. The van der Waals surface area contributed by atoms with Crippen molar-refractivity contribution in [3.05, 3.63) is 0 Å². The maximum atomic E-state index is 16.0. The van der Waals surface area contributed by atoms with Gasteiger partial charge in [0.2, 0.25) is 0 Å². The molecule has 4 saturated carbocycles. The lowest BCUT2D eigenvalue weighted by Crippen LogP contribution is -2.59. The van der Waals surface area contributed by atoms with Crippen LogP contribution in [-0.2, 0) is 0 Å². The first-order valence-electron chi connectivity index (χ1n) is 12.4. The average Bonchev–Trinajstić information content (AvgIpc) is 2.96. The second-order valence-electron chi connectivity index (χ2n) is 11.3. The van der Waals surface area contributed by atoms with Crippen LogP contribution in [0.1, 0.15) is 100 Å². The van der Waals surface area contributed by atoms with Gasteiger partial charge in [-0.25, -0.2) is 4.39 Å².